The Bertz CT molecular complexity index is 573. The van der Waals surface area contributed by atoms with E-state index < -0.39 is 42.4 Å². The third-order valence-corrected chi connectivity index (χ3v) is 3.05. The fourth-order valence-electron chi connectivity index (χ4n) is 1.97. The van der Waals surface area contributed by atoms with Crippen molar-refractivity contribution in [1.29, 1.82) is 0 Å². The van der Waals surface area contributed by atoms with E-state index in [1.54, 1.807) is 0 Å². The van der Waals surface area contributed by atoms with Crippen molar-refractivity contribution < 1.29 is 20.1 Å². The SMILES string of the molecule is Cl.NCc1cn([C@@H]2O[C@H](CO)[C@@H](O)[C@H]2O)c(=O)[nH]c1=O. The summed E-state index contributed by atoms with van der Waals surface area (Å²) in [5.74, 6) is 0. The van der Waals surface area contributed by atoms with Gasteiger partial charge < -0.3 is 25.8 Å². The van der Waals surface area contributed by atoms with Gasteiger partial charge in [-0.15, -0.1) is 12.4 Å². The number of aromatic amines is 1. The normalized spacial score (nSPS) is 29.2. The van der Waals surface area contributed by atoms with Crippen molar-refractivity contribution in [2.45, 2.75) is 31.1 Å². The highest BCUT2D eigenvalue weighted by Crippen LogP contribution is 2.27. The van der Waals surface area contributed by atoms with Crippen molar-refractivity contribution in [1.82, 2.24) is 9.55 Å². The quantitative estimate of drug-likeness (QED) is 0.400. The number of aliphatic hydroxyl groups excluding tert-OH is 3. The van der Waals surface area contributed by atoms with Crippen molar-refractivity contribution >= 4 is 12.4 Å². The van der Waals surface area contributed by atoms with Gasteiger partial charge in [0, 0.05) is 18.3 Å². The molecule has 1 aromatic rings. The van der Waals surface area contributed by atoms with E-state index in [9.17, 15) is 19.8 Å². The van der Waals surface area contributed by atoms with Gasteiger partial charge in [0.25, 0.3) is 5.56 Å². The molecule has 1 fully saturated rings. The molecule has 2 rings (SSSR count). The molecule has 0 saturated carbocycles. The topological polar surface area (TPSA) is 151 Å². The Morgan fingerprint density at radius 2 is 2.00 bits per heavy atom. The van der Waals surface area contributed by atoms with E-state index in [1.807, 2.05) is 4.98 Å². The molecule has 2 heterocycles. The predicted molar refractivity (Wildman–Crippen MR) is 69.5 cm³/mol. The lowest BCUT2D eigenvalue weighted by Crippen LogP contribution is -2.39. The lowest BCUT2D eigenvalue weighted by molar-refractivity contribution is -0.0551. The number of nitrogens with two attached hydrogens (primary N) is 1. The second-order valence-electron chi connectivity index (χ2n) is 4.25. The second kappa shape index (κ2) is 6.48. The van der Waals surface area contributed by atoms with Crippen LogP contribution in [0.2, 0.25) is 0 Å². The van der Waals surface area contributed by atoms with Gasteiger partial charge in [0.15, 0.2) is 6.23 Å². The molecule has 1 saturated heterocycles. The summed E-state index contributed by atoms with van der Waals surface area (Å²) in [5, 5.41) is 28.4. The second-order valence-corrected chi connectivity index (χ2v) is 4.25. The number of aromatic nitrogens is 2. The largest absolute Gasteiger partial charge is 0.394 e. The molecule has 0 spiro atoms. The Kier molecular flexibility index (Phi) is 5.45. The molecule has 0 amide bonds. The van der Waals surface area contributed by atoms with Crippen LogP contribution in [0.4, 0.5) is 0 Å². The van der Waals surface area contributed by atoms with Gasteiger partial charge in [0.05, 0.1) is 6.61 Å². The van der Waals surface area contributed by atoms with Crippen LogP contribution in [0.3, 0.4) is 0 Å². The molecule has 4 atom stereocenters. The number of halogens is 1. The lowest BCUT2D eigenvalue weighted by atomic mass is 10.1. The van der Waals surface area contributed by atoms with Crippen molar-refractivity contribution in [2.24, 2.45) is 5.73 Å². The smallest absolute Gasteiger partial charge is 0.330 e. The minimum atomic E-state index is -1.40. The molecule has 1 aliphatic rings. The standard InChI is InChI=1S/C10H15N3O6.ClH/c11-1-4-2-13(10(18)12-8(4)17)9-7(16)6(15)5(3-14)19-9;/h2,5-7,9,14-16H,1,3,11H2,(H,12,17,18);1H/t5-,6-,7-,9-;/m1./s1. The average molecular weight is 310 g/mol. The summed E-state index contributed by atoms with van der Waals surface area (Å²) in [7, 11) is 0. The van der Waals surface area contributed by atoms with Crippen LogP contribution in [0.25, 0.3) is 0 Å². The van der Waals surface area contributed by atoms with E-state index in [2.05, 4.69) is 0 Å². The summed E-state index contributed by atoms with van der Waals surface area (Å²) in [5.41, 5.74) is 4.08. The van der Waals surface area contributed by atoms with E-state index in [-0.39, 0.29) is 24.5 Å². The first kappa shape index (κ1) is 16.8. The van der Waals surface area contributed by atoms with Gasteiger partial charge in [0.2, 0.25) is 0 Å². The third-order valence-electron chi connectivity index (χ3n) is 3.05. The van der Waals surface area contributed by atoms with Crippen molar-refractivity contribution in [3.8, 4) is 0 Å². The summed E-state index contributed by atoms with van der Waals surface area (Å²) >= 11 is 0. The number of aliphatic hydroxyl groups is 3. The third kappa shape index (κ3) is 2.77. The van der Waals surface area contributed by atoms with E-state index in [0.29, 0.717) is 0 Å². The number of hydrogen-bond acceptors (Lipinski definition) is 7. The van der Waals surface area contributed by atoms with Gasteiger partial charge >= 0.3 is 5.69 Å². The molecule has 0 radical (unpaired) electrons. The zero-order valence-corrected chi connectivity index (χ0v) is 11.1. The molecular weight excluding hydrogens is 294 g/mol. The maximum Gasteiger partial charge on any atom is 0.330 e. The molecule has 20 heavy (non-hydrogen) atoms. The molecule has 0 unspecified atom stereocenters. The molecule has 0 bridgehead atoms. The van der Waals surface area contributed by atoms with Crippen molar-refractivity contribution in [3.05, 3.63) is 32.6 Å². The molecule has 10 heteroatoms. The van der Waals surface area contributed by atoms with E-state index >= 15 is 0 Å². The molecule has 9 nitrogen and oxygen atoms in total. The molecular formula is C10H16ClN3O6. The Morgan fingerprint density at radius 1 is 1.35 bits per heavy atom. The number of hydrogen-bond donors (Lipinski definition) is 5. The van der Waals surface area contributed by atoms with Crippen molar-refractivity contribution in [2.75, 3.05) is 6.61 Å². The van der Waals surface area contributed by atoms with Gasteiger partial charge in [-0.2, -0.15) is 0 Å². The first-order chi connectivity index (χ1) is 8.99. The highest BCUT2D eigenvalue weighted by atomic mass is 35.5. The minimum absolute atomic E-state index is 0. The summed E-state index contributed by atoms with van der Waals surface area (Å²) in [6.07, 6.45) is -3.75. The van der Waals surface area contributed by atoms with Gasteiger partial charge in [-0.3, -0.25) is 14.3 Å². The maximum atomic E-state index is 11.7. The van der Waals surface area contributed by atoms with Crippen LogP contribution in [-0.4, -0.2) is 49.8 Å². The van der Waals surface area contributed by atoms with Crippen LogP contribution in [0, 0.1) is 0 Å². The molecule has 0 aromatic carbocycles. The first-order valence-electron chi connectivity index (χ1n) is 5.66. The Morgan fingerprint density at radius 3 is 2.50 bits per heavy atom. The van der Waals surface area contributed by atoms with Crippen LogP contribution >= 0.6 is 12.4 Å². The van der Waals surface area contributed by atoms with Crippen molar-refractivity contribution in [3.63, 3.8) is 0 Å². The van der Waals surface area contributed by atoms with E-state index in [4.69, 9.17) is 15.6 Å². The number of nitrogens with one attached hydrogen (secondary N) is 1. The molecule has 0 aliphatic carbocycles. The van der Waals surface area contributed by atoms with Gasteiger partial charge in [-0.25, -0.2) is 4.79 Å². The minimum Gasteiger partial charge on any atom is -0.394 e. The zero-order chi connectivity index (χ0) is 14.2. The van der Waals surface area contributed by atoms with Gasteiger partial charge in [0.1, 0.15) is 18.3 Å². The summed E-state index contributed by atoms with van der Waals surface area (Å²) in [4.78, 5) is 25.1. The number of nitrogens with zero attached hydrogens (tertiary/aromatic N) is 1. The number of rotatable bonds is 3. The summed E-state index contributed by atoms with van der Waals surface area (Å²) in [6, 6.07) is 0. The van der Waals surface area contributed by atoms with Crippen LogP contribution in [0.1, 0.15) is 11.8 Å². The first-order valence-corrected chi connectivity index (χ1v) is 5.66. The number of ether oxygens (including phenoxy) is 1. The highest BCUT2D eigenvalue weighted by Gasteiger charge is 2.43. The van der Waals surface area contributed by atoms with Crippen LogP contribution in [0.5, 0.6) is 0 Å². The van der Waals surface area contributed by atoms with Crippen LogP contribution in [0.15, 0.2) is 15.8 Å². The lowest BCUT2D eigenvalue weighted by Gasteiger charge is -2.17. The van der Waals surface area contributed by atoms with Gasteiger partial charge in [-0.05, 0) is 0 Å². The number of H-pyrrole nitrogens is 1. The van der Waals surface area contributed by atoms with Crippen LogP contribution in [-0.2, 0) is 11.3 Å². The molecule has 6 N–H and O–H groups in total. The maximum absolute atomic E-state index is 11.7. The molecule has 1 aromatic heterocycles. The predicted octanol–water partition coefficient (Wildman–Crippen LogP) is -2.97. The monoisotopic (exact) mass is 309 g/mol. The van der Waals surface area contributed by atoms with E-state index in [0.717, 1.165) is 4.57 Å². The highest BCUT2D eigenvalue weighted by molar-refractivity contribution is 5.85. The Hall–Kier alpha value is -1.23. The van der Waals surface area contributed by atoms with Gasteiger partial charge in [-0.1, -0.05) is 0 Å². The molecule has 114 valence electrons. The average Bonchev–Trinajstić information content (AvgIpc) is 2.67. The van der Waals surface area contributed by atoms with E-state index in [1.165, 1.54) is 6.20 Å². The summed E-state index contributed by atoms with van der Waals surface area (Å²) < 4.78 is 6.13. The van der Waals surface area contributed by atoms with Crippen LogP contribution < -0.4 is 17.0 Å². The Balaban J connectivity index is 0.00000200. The fourth-order valence-corrected chi connectivity index (χ4v) is 1.97. The zero-order valence-electron chi connectivity index (χ0n) is 10.3. The fraction of sp³-hybridized carbons (Fsp3) is 0.600. The summed E-state index contributed by atoms with van der Waals surface area (Å²) in [6.45, 7) is -0.596. The molecule has 1 aliphatic heterocycles. The Labute approximate surface area is 119 Å².